The average Bonchev–Trinajstić information content (AvgIpc) is 2.94. The van der Waals surface area contributed by atoms with E-state index in [0.29, 0.717) is 0 Å². The quantitative estimate of drug-likeness (QED) is 0.588. The molecule has 0 fully saturated rings. The van der Waals surface area contributed by atoms with Gasteiger partial charge in [-0.2, -0.15) is 0 Å². The Bertz CT molecular complexity index is 859. The molecule has 2 heterocycles. The van der Waals surface area contributed by atoms with Crippen LogP contribution in [0, 0.1) is 12.3 Å². The molecule has 3 aromatic rings. The van der Waals surface area contributed by atoms with Gasteiger partial charge in [0.2, 0.25) is 0 Å². The van der Waals surface area contributed by atoms with Crippen molar-refractivity contribution in [2.75, 3.05) is 0 Å². The second kappa shape index (κ2) is 5.69. The van der Waals surface area contributed by atoms with Crippen molar-refractivity contribution in [2.45, 2.75) is 34.6 Å². The van der Waals surface area contributed by atoms with Gasteiger partial charge in [0.1, 0.15) is 0 Å². The van der Waals surface area contributed by atoms with E-state index in [1.807, 2.05) is 12.5 Å². The molecule has 0 aliphatic rings. The van der Waals surface area contributed by atoms with Gasteiger partial charge < -0.3 is 0 Å². The van der Waals surface area contributed by atoms with Crippen LogP contribution in [-0.4, -0.2) is 9.38 Å². The normalized spacial score (nSPS) is 12.8. The molecular weight excluding hydrogens is 280 g/mol. The summed E-state index contributed by atoms with van der Waals surface area (Å²) >= 11 is 0. The van der Waals surface area contributed by atoms with E-state index in [0.717, 1.165) is 5.52 Å². The van der Waals surface area contributed by atoms with Gasteiger partial charge in [-0.25, -0.2) is 4.98 Å². The molecule has 0 saturated carbocycles. The van der Waals surface area contributed by atoms with E-state index in [4.69, 9.17) is 0 Å². The Kier molecular flexibility index (Phi) is 3.85. The van der Waals surface area contributed by atoms with Crippen LogP contribution in [-0.2, 0) is 0 Å². The molecule has 23 heavy (non-hydrogen) atoms. The summed E-state index contributed by atoms with van der Waals surface area (Å²) in [7, 11) is 0. The Balaban J connectivity index is 2.16. The second-order valence-corrected chi connectivity index (χ2v) is 7.34. The molecule has 0 spiro atoms. The Morgan fingerprint density at radius 2 is 1.74 bits per heavy atom. The summed E-state index contributed by atoms with van der Waals surface area (Å²) in [6, 6.07) is 13.0. The molecular formula is C21H24N2. The molecule has 0 N–H and O–H groups in total. The van der Waals surface area contributed by atoms with E-state index in [1.165, 1.54) is 28.0 Å². The lowest BCUT2D eigenvalue weighted by Crippen LogP contribution is -2.01. The number of rotatable bonds is 2. The molecule has 2 heteroatoms. The number of nitrogens with zero attached hydrogens (tertiary/aromatic N) is 2. The third-order valence-electron chi connectivity index (χ3n) is 4.00. The summed E-state index contributed by atoms with van der Waals surface area (Å²) in [5, 5.41) is 0. The number of imidazole rings is 1. The number of allylic oxidation sites excluding steroid dienone is 2. The van der Waals surface area contributed by atoms with Crippen LogP contribution < -0.4 is 0 Å². The van der Waals surface area contributed by atoms with Crippen molar-refractivity contribution in [3.63, 3.8) is 0 Å². The van der Waals surface area contributed by atoms with E-state index < -0.39 is 0 Å². The molecule has 0 unspecified atom stereocenters. The number of aryl methyl sites for hydroxylation is 1. The number of pyridine rings is 1. The summed E-state index contributed by atoms with van der Waals surface area (Å²) < 4.78 is 2.18. The highest BCUT2D eigenvalue weighted by molar-refractivity contribution is 5.80. The summed E-state index contributed by atoms with van der Waals surface area (Å²) in [4.78, 5) is 4.38. The van der Waals surface area contributed by atoms with Gasteiger partial charge in [-0.15, -0.1) is 0 Å². The summed E-state index contributed by atoms with van der Waals surface area (Å²) in [6.07, 6.45) is 6.17. The van der Waals surface area contributed by atoms with E-state index in [9.17, 15) is 0 Å². The highest BCUT2D eigenvalue weighted by atomic mass is 15.0. The first kappa shape index (κ1) is 15.5. The van der Waals surface area contributed by atoms with Crippen molar-refractivity contribution in [1.29, 1.82) is 0 Å². The SMILES string of the molecule is C/C(=C\C(C)(C)C)c1ccc(-c2ccc(C)cc2)n2cncc12. The van der Waals surface area contributed by atoms with Gasteiger partial charge in [0.05, 0.1) is 23.7 Å². The average molecular weight is 304 g/mol. The zero-order valence-corrected chi connectivity index (χ0v) is 14.6. The number of benzene rings is 1. The predicted molar refractivity (Wildman–Crippen MR) is 98.5 cm³/mol. The largest absolute Gasteiger partial charge is 0.298 e. The highest BCUT2D eigenvalue weighted by Crippen LogP contribution is 2.29. The lowest BCUT2D eigenvalue weighted by Gasteiger charge is -2.16. The van der Waals surface area contributed by atoms with Crippen molar-refractivity contribution < 1.29 is 0 Å². The summed E-state index contributed by atoms with van der Waals surface area (Å²) in [5.41, 5.74) is 7.51. The monoisotopic (exact) mass is 304 g/mol. The fourth-order valence-electron chi connectivity index (χ4n) is 3.03. The van der Waals surface area contributed by atoms with Gasteiger partial charge in [0.25, 0.3) is 0 Å². The van der Waals surface area contributed by atoms with E-state index in [1.54, 1.807) is 0 Å². The number of hydrogen-bond acceptors (Lipinski definition) is 1. The van der Waals surface area contributed by atoms with Crippen LogP contribution in [0.25, 0.3) is 22.3 Å². The van der Waals surface area contributed by atoms with E-state index in [-0.39, 0.29) is 5.41 Å². The minimum absolute atomic E-state index is 0.163. The molecule has 0 radical (unpaired) electrons. The molecule has 1 aromatic carbocycles. The minimum atomic E-state index is 0.163. The Morgan fingerprint density at radius 3 is 2.39 bits per heavy atom. The minimum Gasteiger partial charge on any atom is -0.298 e. The van der Waals surface area contributed by atoms with Crippen molar-refractivity contribution in [3.05, 3.63) is 66.1 Å². The lowest BCUT2D eigenvalue weighted by atomic mass is 9.91. The molecule has 0 bridgehead atoms. The molecule has 118 valence electrons. The molecule has 2 aromatic heterocycles. The van der Waals surface area contributed by atoms with E-state index >= 15 is 0 Å². The zero-order chi connectivity index (χ0) is 16.6. The molecule has 0 aliphatic carbocycles. The summed E-state index contributed by atoms with van der Waals surface area (Å²) in [5.74, 6) is 0. The number of fused-ring (bicyclic) bond motifs is 1. The van der Waals surface area contributed by atoms with Crippen LogP contribution in [0.3, 0.4) is 0 Å². The Hall–Kier alpha value is -2.35. The maximum Gasteiger partial charge on any atom is 0.0997 e. The lowest BCUT2D eigenvalue weighted by molar-refractivity contribution is 0.545. The van der Waals surface area contributed by atoms with Gasteiger partial charge in [-0.1, -0.05) is 62.7 Å². The number of aromatic nitrogens is 2. The third kappa shape index (κ3) is 3.21. The first-order chi connectivity index (χ1) is 10.8. The van der Waals surface area contributed by atoms with Crippen LogP contribution in [0.5, 0.6) is 0 Å². The van der Waals surface area contributed by atoms with Crippen molar-refractivity contribution in [3.8, 4) is 11.3 Å². The maximum absolute atomic E-state index is 4.38. The topological polar surface area (TPSA) is 17.3 Å². The van der Waals surface area contributed by atoms with Gasteiger partial charge in [-0.05, 0) is 36.5 Å². The molecule has 3 rings (SSSR count). The highest BCUT2D eigenvalue weighted by Gasteiger charge is 2.12. The van der Waals surface area contributed by atoms with Crippen molar-refractivity contribution in [2.24, 2.45) is 5.41 Å². The fraction of sp³-hybridized carbons (Fsp3) is 0.286. The standard InChI is InChI=1S/C21H24N2/c1-15-6-8-17(9-7-15)19-11-10-18(16(2)12-21(3,4)5)20-13-22-14-23(19)20/h6-14H,1-5H3/b16-12+. The van der Waals surface area contributed by atoms with Crippen LogP contribution >= 0.6 is 0 Å². The van der Waals surface area contributed by atoms with Crippen molar-refractivity contribution in [1.82, 2.24) is 9.38 Å². The Morgan fingerprint density at radius 1 is 1.04 bits per heavy atom. The molecule has 0 aliphatic heterocycles. The first-order valence-corrected chi connectivity index (χ1v) is 8.07. The van der Waals surface area contributed by atoms with E-state index in [2.05, 4.69) is 86.5 Å². The van der Waals surface area contributed by atoms with Crippen LogP contribution in [0.15, 0.2) is 55.0 Å². The fourth-order valence-corrected chi connectivity index (χ4v) is 3.03. The van der Waals surface area contributed by atoms with Gasteiger partial charge in [0.15, 0.2) is 0 Å². The summed E-state index contributed by atoms with van der Waals surface area (Å²) in [6.45, 7) is 11.0. The zero-order valence-electron chi connectivity index (χ0n) is 14.6. The van der Waals surface area contributed by atoms with Gasteiger partial charge >= 0.3 is 0 Å². The predicted octanol–water partition coefficient (Wildman–Crippen LogP) is 5.76. The third-order valence-corrected chi connectivity index (χ3v) is 4.00. The molecule has 0 amide bonds. The van der Waals surface area contributed by atoms with Gasteiger partial charge in [-0.3, -0.25) is 4.40 Å². The molecule has 2 nitrogen and oxygen atoms in total. The van der Waals surface area contributed by atoms with Crippen LogP contribution in [0.4, 0.5) is 0 Å². The first-order valence-electron chi connectivity index (χ1n) is 8.07. The molecule has 0 saturated heterocycles. The molecule has 0 atom stereocenters. The smallest absolute Gasteiger partial charge is 0.0997 e. The number of hydrogen-bond donors (Lipinski definition) is 0. The maximum atomic E-state index is 4.38. The van der Waals surface area contributed by atoms with Crippen LogP contribution in [0.1, 0.15) is 38.8 Å². The van der Waals surface area contributed by atoms with Gasteiger partial charge in [0, 0.05) is 5.56 Å². The van der Waals surface area contributed by atoms with Crippen LogP contribution in [0.2, 0.25) is 0 Å². The Labute approximate surface area is 138 Å². The second-order valence-electron chi connectivity index (χ2n) is 7.34. The van der Waals surface area contributed by atoms with Crippen molar-refractivity contribution >= 4 is 11.1 Å².